The van der Waals surface area contributed by atoms with Crippen LogP contribution in [-0.2, 0) is 14.3 Å². The number of Topliss-reactive ketones (excluding diaryl/α,β-unsaturated/α-hetero) is 1. The average Bonchev–Trinajstić information content (AvgIpc) is 2.39. The van der Waals surface area contributed by atoms with E-state index >= 15 is 0 Å². The van der Waals surface area contributed by atoms with Gasteiger partial charge in [-0.3, -0.25) is 9.59 Å². The van der Waals surface area contributed by atoms with Gasteiger partial charge in [0.05, 0.1) is 18.1 Å². The van der Waals surface area contributed by atoms with E-state index in [4.69, 9.17) is 10.00 Å². The third kappa shape index (κ3) is 1.74. The van der Waals surface area contributed by atoms with Crippen LogP contribution in [0.2, 0.25) is 0 Å². The van der Waals surface area contributed by atoms with Gasteiger partial charge in [0.2, 0.25) is 0 Å². The van der Waals surface area contributed by atoms with Crippen molar-refractivity contribution in [3.63, 3.8) is 0 Å². The van der Waals surface area contributed by atoms with Crippen LogP contribution in [0.25, 0.3) is 0 Å². The van der Waals surface area contributed by atoms with E-state index in [1.165, 1.54) is 0 Å². The number of nitrogens with zero attached hydrogens (tertiary/aromatic N) is 1. The first kappa shape index (κ1) is 11.7. The number of ketones is 1. The molecule has 0 aromatic carbocycles. The minimum atomic E-state index is -0.957. The zero-order valence-corrected chi connectivity index (χ0v) is 9.24. The molecule has 0 saturated heterocycles. The molecule has 15 heavy (non-hydrogen) atoms. The van der Waals surface area contributed by atoms with Crippen LogP contribution < -0.4 is 0 Å². The Labute approximate surface area is 89.2 Å². The Morgan fingerprint density at radius 2 is 2.33 bits per heavy atom. The number of rotatable bonds is 2. The maximum Gasteiger partial charge on any atom is 0.313 e. The van der Waals surface area contributed by atoms with E-state index in [0.29, 0.717) is 6.42 Å². The summed E-state index contributed by atoms with van der Waals surface area (Å²) in [6, 6.07) is 1.92. The van der Waals surface area contributed by atoms with E-state index < -0.39 is 17.3 Å². The molecule has 1 fully saturated rings. The van der Waals surface area contributed by atoms with Gasteiger partial charge in [0.15, 0.2) is 5.78 Å². The zero-order chi connectivity index (χ0) is 11.6. The quantitative estimate of drug-likeness (QED) is 0.643. The van der Waals surface area contributed by atoms with Crippen molar-refractivity contribution in [2.75, 3.05) is 6.61 Å². The minimum Gasteiger partial charge on any atom is -0.466 e. The molecule has 0 radical (unpaired) electrons. The summed E-state index contributed by atoms with van der Waals surface area (Å²) in [5.74, 6) is -1.67. The summed E-state index contributed by atoms with van der Waals surface area (Å²) in [7, 11) is 0. The summed E-state index contributed by atoms with van der Waals surface area (Å²) in [5.41, 5.74) is -0.957. The van der Waals surface area contributed by atoms with Crippen LogP contribution in [0, 0.1) is 28.6 Å². The molecule has 1 aliphatic carbocycles. The molecule has 0 amide bonds. The maximum atomic E-state index is 11.7. The number of hydrogen-bond acceptors (Lipinski definition) is 4. The molecule has 0 heterocycles. The van der Waals surface area contributed by atoms with Gasteiger partial charge in [-0.05, 0) is 20.3 Å². The fraction of sp³-hybridized carbons (Fsp3) is 0.727. The van der Waals surface area contributed by atoms with Crippen LogP contribution in [0.1, 0.15) is 27.2 Å². The van der Waals surface area contributed by atoms with Crippen LogP contribution in [0.4, 0.5) is 0 Å². The Bertz CT molecular complexity index is 331. The van der Waals surface area contributed by atoms with Crippen LogP contribution in [0.5, 0.6) is 0 Å². The van der Waals surface area contributed by atoms with Crippen molar-refractivity contribution in [2.45, 2.75) is 27.2 Å². The van der Waals surface area contributed by atoms with Crippen molar-refractivity contribution in [3.05, 3.63) is 0 Å². The van der Waals surface area contributed by atoms with Gasteiger partial charge in [0.25, 0.3) is 0 Å². The molecule has 0 aliphatic heterocycles. The number of nitriles is 1. The fourth-order valence-electron chi connectivity index (χ4n) is 2.16. The monoisotopic (exact) mass is 209 g/mol. The van der Waals surface area contributed by atoms with E-state index in [1.54, 1.807) is 20.8 Å². The van der Waals surface area contributed by atoms with Crippen LogP contribution in [0.3, 0.4) is 0 Å². The third-order valence-electron chi connectivity index (χ3n) is 3.01. The number of hydrogen-bond donors (Lipinski definition) is 0. The minimum absolute atomic E-state index is 0.145. The summed E-state index contributed by atoms with van der Waals surface area (Å²) in [5, 5.41) is 8.93. The highest BCUT2D eigenvalue weighted by Crippen LogP contribution is 2.44. The van der Waals surface area contributed by atoms with Crippen molar-refractivity contribution in [2.24, 2.45) is 17.3 Å². The summed E-state index contributed by atoms with van der Waals surface area (Å²) in [6.07, 6.45) is 0.406. The highest BCUT2D eigenvalue weighted by Gasteiger charge is 2.54. The molecular formula is C11H15NO3. The fourth-order valence-corrected chi connectivity index (χ4v) is 2.16. The van der Waals surface area contributed by atoms with E-state index in [0.717, 1.165) is 0 Å². The number of ether oxygens (including phenoxy) is 1. The van der Waals surface area contributed by atoms with Crippen LogP contribution in [0.15, 0.2) is 0 Å². The van der Waals surface area contributed by atoms with Gasteiger partial charge < -0.3 is 4.74 Å². The van der Waals surface area contributed by atoms with E-state index in [9.17, 15) is 9.59 Å². The molecule has 0 aromatic heterocycles. The Kier molecular flexibility index (Phi) is 3.13. The maximum absolute atomic E-state index is 11.7. The van der Waals surface area contributed by atoms with Gasteiger partial charge in [-0.1, -0.05) is 6.92 Å². The molecule has 3 atom stereocenters. The molecule has 0 bridgehead atoms. The molecule has 0 N–H and O–H groups in total. The SMILES string of the molecule is CCOC(=O)C1(C)CC(C)C(=O)C1C#N. The van der Waals surface area contributed by atoms with Crippen LogP contribution >= 0.6 is 0 Å². The number of carbonyl (C=O) groups excluding carboxylic acids is 2. The highest BCUT2D eigenvalue weighted by atomic mass is 16.5. The van der Waals surface area contributed by atoms with Crippen molar-refractivity contribution in [3.8, 4) is 6.07 Å². The first-order chi connectivity index (χ1) is 6.97. The molecule has 4 heteroatoms. The van der Waals surface area contributed by atoms with Gasteiger partial charge >= 0.3 is 5.97 Å². The molecule has 0 spiro atoms. The highest BCUT2D eigenvalue weighted by molar-refractivity contribution is 5.95. The van der Waals surface area contributed by atoms with Gasteiger partial charge in [0.1, 0.15) is 5.92 Å². The molecule has 0 aromatic rings. The van der Waals surface area contributed by atoms with Crippen LogP contribution in [-0.4, -0.2) is 18.4 Å². The molecule has 1 saturated carbocycles. The standard InChI is InChI=1S/C11H15NO3/c1-4-15-10(14)11(3)5-7(2)9(13)8(11)6-12/h7-8H,4-5H2,1-3H3. The van der Waals surface area contributed by atoms with E-state index in [-0.39, 0.29) is 18.3 Å². The molecule has 82 valence electrons. The largest absolute Gasteiger partial charge is 0.466 e. The van der Waals surface area contributed by atoms with Crippen molar-refractivity contribution in [1.82, 2.24) is 0 Å². The lowest BCUT2D eigenvalue weighted by Gasteiger charge is -2.23. The Morgan fingerprint density at radius 1 is 1.73 bits per heavy atom. The second kappa shape index (κ2) is 4.01. The summed E-state index contributed by atoms with van der Waals surface area (Å²) < 4.78 is 4.92. The first-order valence-corrected chi connectivity index (χ1v) is 5.08. The van der Waals surface area contributed by atoms with Gasteiger partial charge in [-0.15, -0.1) is 0 Å². The number of carbonyl (C=O) groups is 2. The summed E-state index contributed by atoms with van der Waals surface area (Å²) >= 11 is 0. The van der Waals surface area contributed by atoms with Gasteiger partial charge in [-0.25, -0.2) is 0 Å². The van der Waals surface area contributed by atoms with Crippen molar-refractivity contribution in [1.29, 1.82) is 5.26 Å². The second-order valence-electron chi connectivity index (χ2n) is 4.21. The average molecular weight is 209 g/mol. The Morgan fingerprint density at radius 3 is 2.80 bits per heavy atom. The molecule has 4 nitrogen and oxygen atoms in total. The smallest absolute Gasteiger partial charge is 0.313 e. The third-order valence-corrected chi connectivity index (χ3v) is 3.01. The lowest BCUT2D eigenvalue weighted by atomic mass is 9.80. The Balaban J connectivity index is 2.98. The van der Waals surface area contributed by atoms with E-state index in [2.05, 4.69) is 0 Å². The topological polar surface area (TPSA) is 67.2 Å². The normalized spacial score (nSPS) is 34.9. The predicted molar refractivity (Wildman–Crippen MR) is 52.6 cm³/mol. The molecular weight excluding hydrogens is 194 g/mol. The van der Waals surface area contributed by atoms with Gasteiger partial charge in [-0.2, -0.15) is 5.26 Å². The molecule has 3 unspecified atom stereocenters. The summed E-state index contributed by atoms with van der Waals surface area (Å²) in [6.45, 7) is 5.37. The first-order valence-electron chi connectivity index (χ1n) is 5.08. The predicted octanol–water partition coefficient (Wildman–Crippen LogP) is 1.30. The van der Waals surface area contributed by atoms with E-state index in [1.807, 2.05) is 6.07 Å². The number of esters is 1. The second-order valence-corrected chi connectivity index (χ2v) is 4.21. The zero-order valence-electron chi connectivity index (χ0n) is 9.24. The summed E-state index contributed by atoms with van der Waals surface area (Å²) in [4.78, 5) is 23.3. The lowest BCUT2D eigenvalue weighted by Crippen LogP contribution is -2.34. The van der Waals surface area contributed by atoms with Crippen molar-refractivity contribution >= 4 is 11.8 Å². The molecule has 1 aliphatic rings. The van der Waals surface area contributed by atoms with Crippen molar-refractivity contribution < 1.29 is 14.3 Å². The molecule has 1 rings (SSSR count). The Hall–Kier alpha value is -1.37. The lowest BCUT2D eigenvalue weighted by molar-refractivity contribution is -0.156. The van der Waals surface area contributed by atoms with Gasteiger partial charge in [0, 0.05) is 5.92 Å².